The Morgan fingerprint density at radius 1 is 1.27 bits per heavy atom. The zero-order valence-corrected chi connectivity index (χ0v) is 15.9. The van der Waals surface area contributed by atoms with Crippen LogP contribution in [0.2, 0.25) is 0 Å². The first-order chi connectivity index (χ1) is 12.4. The molecule has 26 heavy (non-hydrogen) atoms. The third-order valence-corrected chi connectivity index (χ3v) is 5.01. The minimum atomic E-state index is -0.00957. The second-order valence-electron chi connectivity index (χ2n) is 7.38. The number of ether oxygens (including phenoxy) is 1. The average molecular weight is 358 g/mol. The molecule has 0 aliphatic carbocycles. The number of nitrogens with one attached hydrogen (secondary N) is 1. The Labute approximate surface area is 156 Å². The maximum Gasteiger partial charge on any atom is 0.245 e. The highest BCUT2D eigenvalue weighted by Gasteiger charge is 2.31. The highest BCUT2D eigenvalue weighted by molar-refractivity contribution is 5.87. The van der Waals surface area contributed by atoms with Gasteiger partial charge >= 0.3 is 0 Å². The van der Waals surface area contributed by atoms with E-state index in [1.165, 1.54) is 11.6 Å². The molecule has 2 rings (SSSR count). The third-order valence-electron chi connectivity index (χ3n) is 5.01. The fraction of sp³-hybridized carbons (Fsp3) is 0.524. The van der Waals surface area contributed by atoms with Gasteiger partial charge in [0, 0.05) is 26.1 Å². The van der Waals surface area contributed by atoms with Crippen molar-refractivity contribution in [1.82, 2.24) is 10.2 Å². The van der Waals surface area contributed by atoms with Crippen LogP contribution in [0, 0.1) is 12.3 Å². The van der Waals surface area contributed by atoms with E-state index in [0.717, 1.165) is 31.7 Å². The monoisotopic (exact) mass is 358 g/mol. The Kier molecular flexibility index (Phi) is 7.25. The summed E-state index contributed by atoms with van der Waals surface area (Å²) in [6.07, 6.45) is 4.30. The molecule has 2 amide bonds. The van der Waals surface area contributed by atoms with Gasteiger partial charge in [-0.25, -0.2) is 0 Å². The van der Waals surface area contributed by atoms with Crippen molar-refractivity contribution in [2.24, 2.45) is 5.41 Å². The van der Waals surface area contributed by atoms with E-state index in [1.807, 2.05) is 36.1 Å². The molecule has 1 fully saturated rings. The first-order valence-electron chi connectivity index (χ1n) is 9.29. The lowest BCUT2D eigenvalue weighted by Crippen LogP contribution is -2.46. The number of piperidine rings is 1. The number of nitrogens with zero attached hydrogens (tertiary/aromatic N) is 1. The van der Waals surface area contributed by atoms with Gasteiger partial charge in [0.2, 0.25) is 11.8 Å². The summed E-state index contributed by atoms with van der Waals surface area (Å²) in [5.74, 6) is 0.886. The lowest BCUT2D eigenvalue weighted by atomic mass is 9.80. The number of hydrogen-bond donors (Lipinski definition) is 1. The van der Waals surface area contributed by atoms with Gasteiger partial charge < -0.3 is 15.0 Å². The van der Waals surface area contributed by atoms with Crippen LogP contribution < -0.4 is 10.1 Å². The van der Waals surface area contributed by atoms with Gasteiger partial charge in [-0.1, -0.05) is 31.2 Å². The molecule has 1 aromatic carbocycles. The van der Waals surface area contributed by atoms with Crippen LogP contribution in [0.4, 0.5) is 0 Å². The minimum Gasteiger partial charge on any atom is -0.494 e. The van der Waals surface area contributed by atoms with Crippen LogP contribution in [0.5, 0.6) is 5.75 Å². The molecule has 1 aliphatic rings. The summed E-state index contributed by atoms with van der Waals surface area (Å²) in [5.41, 5.74) is 1.25. The second kappa shape index (κ2) is 9.41. The lowest BCUT2D eigenvalue weighted by molar-refractivity contribution is -0.128. The quantitative estimate of drug-likeness (QED) is 0.574. The molecule has 0 aromatic heterocycles. The molecule has 0 atom stereocenters. The van der Waals surface area contributed by atoms with Crippen LogP contribution in [0.1, 0.15) is 38.2 Å². The van der Waals surface area contributed by atoms with E-state index in [9.17, 15) is 9.59 Å². The van der Waals surface area contributed by atoms with Crippen LogP contribution in [-0.2, 0) is 9.59 Å². The molecule has 142 valence electrons. The summed E-state index contributed by atoms with van der Waals surface area (Å²) in [7, 11) is 0. The molecule has 0 saturated carbocycles. The largest absolute Gasteiger partial charge is 0.494 e. The Morgan fingerprint density at radius 2 is 1.92 bits per heavy atom. The number of carbonyl (C=O) groups is 2. The number of carbonyl (C=O) groups excluding carboxylic acids is 2. The van der Waals surface area contributed by atoms with Crippen LogP contribution in [-0.4, -0.2) is 43.0 Å². The predicted octanol–water partition coefficient (Wildman–Crippen LogP) is 3.08. The van der Waals surface area contributed by atoms with Gasteiger partial charge in [0.1, 0.15) is 5.75 Å². The van der Waals surface area contributed by atoms with Gasteiger partial charge in [0.15, 0.2) is 0 Å². The van der Waals surface area contributed by atoms with Gasteiger partial charge in [0.05, 0.1) is 6.61 Å². The molecule has 0 spiro atoms. The molecule has 5 nitrogen and oxygen atoms in total. The number of rotatable bonds is 8. The Morgan fingerprint density at radius 3 is 2.54 bits per heavy atom. The average Bonchev–Trinajstić information content (AvgIpc) is 2.65. The van der Waals surface area contributed by atoms with Crippen molar-refractivity contribution in [3.05, 3.63) is 42.5 Å². The van der Waals surface area contributed by atoms with Crippen molar-refractivity contribution in [1.29, 1.82) is 0 Å². The Balaban J connectivity index is 1.61. The maximum atomic E-state index is 12.1. The molecule has 1 aromatic rings. The van der Waals surface area contributed by atoms with E-state index in [-0.39, 0.29) is 17.2 Å². The topological polar surface area (TPSA) is 58.6 Å². The molecule has 5 heteroatoms. The van der Waals surface area contributed by atoms with E-state index in [4.69, 9.17) is 4.74 Å². The zero-order chi connectivity index (χ0) is 19.0. The van der Waals surface area contributed by atoms with Crippen molar-refractivity contribution in [2.75, 3.05) is 26.2 Å². The molecular formula is C21H30N2O3. The van der Waals surface area contributed by atoms with Crippen LogP contribution >= 0.6 is 0 Å². The zero-order valence-electron chi connectivity index (χ0n) is 15.9. The highest BCUT2D eigenvalue weighted by Crippen LogP contribution is 2.30. The van der Waals surface area contributed by atoms with Crippen LogP contribution in [0.15, 0.2) is 36.9 Å². The van der Waals surface area contributed by atoms with Gasteiger partial charge in [0.25, 0.3) is 0 Å². The van der Waals surface area contributed by atoms with E-state index in [1.54, 1.807) is 0 Å². The summed E-state index contributed by atoms with van der Waals surface area (Å²) >= 11 is 0. The lowest BCUT2D eigenvalue weighted by Gasteiger charge is -2.39. The molecule has 1 saturated heterocycles. The van der Waals surface area contributed by atoms with Crippen LogP contribution in [0.25, 0.3) is 0 Å². The van der Waals surface area contributed by atoms with Crippen molar-refractivity contribution >= 4 is 11.8 Å². The third kappa shape index (κ3) is 6.21. The fourth-order valence-electron chi connectivity index (χ4n) is 3.03. The van der Waals surface area contributed by atoms with Gasteiger partial charge in [-0.3, -0.25) is 9.59 Å². The van der Waals surface area contributed by atoms with Gasteiger partial charge in [-0.15, -0.1) is 0 Å². The minimum absolute atomic E-state index is 0.00957. The number of hydrogen-bond acceptors (Lipinski definition) is 3. The summed E-state index contributed by atoms with van der Waals surface area (Å²) < 4.78 is 5.64. The smallest absolute Gasteiger partial charge is 0.245 e. The van der Waals surface area contributed by atoms with E-state index < -0.39 is 0 Å². The molecule has 0 radical (unpaired) electrons. The van der Waals surface area contributed by atoms with Crippen molar-refractivity contribution < 1.29 is 14.3 Å². The number of benzene rings is 1. The molecule has 1 heterocycles. The standard InChI is InChI=1S/C21H30N2O3/c1-4-20(25)23-13-11-21(3,12-14-23)16-22-19(24)6-5-15-26-18-9-7-17(2)8-10-18/h4,7-10H,1,5-6,11-16H2,2-3H3,(H,22,24). The van der Waals surface area contributed by atoms with Crippen molar-refractivity contribution in [3.8, 4) is 5.75 Å². The Bertz CT molecular complexity index is 617. The first-order valence-corrected chi connectivity index (χ1v) is 9.29. The molecular weight excluding hydrogens is 328 g/mol. The van der Waals surface area contributed by atoms with Gasteiger partial charge in [-0.2, -0.15) is 0 Å². The number of aryl methyl sites for hydroxylation is 1. The summed E-state index contributed by atoms with van der Waals surface area (Å²) in [6, 6.07) is 7.91. The molecule has 0 bridgehead atoms. The normalized spacial score (nSPS) is 16.0. The summed E-state index contributed by atoms with van der Waals surface area (Å²) in [6.45, 7) is 10.4. The maximum absolute atomic E-state index is 12.1. The van der Waals surface area contributed by atoms with E-state index in [0.29, 0.717) is 26.0 Å². The van der Waals surface area contributed by atoms with Gasteiger partial charge in [-0.05, 0) is 49.8 Å². The highest BCUT2D eigenvalue weighted by atomic mass is 16.5. The number of likely N-dealkylation sites (tertiary alicyclic amines) is 1. The van der Waals surface area contributed by atoms with E-state index >= 15 is 0 Å². The summed E-state index contributed by atoms with van der Waals surface area (Å²) in [4.78, 5) is 25.5. The van der Waals surface area contributed by atoms with Crippen LogP contribution in [0.3, 0.4) is 0 Å². The summed E-state index contributed by atoms with van der Waals surface area (Å²) in [5, 5.41) is 3.04. The SMILES string of the molecule is C=CC(=O)N1CCC(C)(CNC(=O)CCCOc2ccc(C)cc2)CC1. The van der Waals surface area contributed by atoms with Crippen molar-refractivity contribution in [3.63, 3.8) is 0 Å². The molecule has 1 N–H and O–H groups in total. The second-order valence-corrected chi connectivity index (χ2v) is 7.38. The predicted molar refractivity (Wildman–Crippen MR) is 103 cm³/mol. The van der Waals surface area contributed by atoms with Crippen molar-refractivity contribution in [2.45, 2.75) is 39.5 Å². The molecule has 1 aliphatic heterocycles. The Hall–Kier alpha value is -2.30. The first kappa shape index (κ1) is 20.0. The fourth-order valence-corrected chi connectivity index (χ4v) is 3.03. The molecule has 0 unspecified atom stereocenters. The van der Waals surface area contributed by atoms with E-state index in [2.05, 4.69) is 18.8 Å². The number of amides is 2.